The van der Waals surface area contributed by atoms with Crippen molar-refractivity contribution in [2.24, 2.45) is 11.8 Å². The number of urea groups is 1. The molecule has 2 aromatic rings. The van der Waals surface area contributed by atoms with Gasteiger partial charge in [-0.25, -0.2) is 26.4 Å². The van der Waals surface area contributed by atoms with Crippen LogP contribution in [0, 0.1) is 29.3 Å². The standard InChI is InChI=1S/C25H25ClF3N3O6S/c26-16-2-1-11(24(35)30-14-7-17(27)22(29)18(28)8-14)6-21(16)39(37,38)15-4-12-3-13(5-15)23(12)31-25(36)32-9-19(33)20(34)10-32/h1-2,6-8,12-13,15,19-20,23,33-34H,3-5,9-10H2,(H,30,35)(H,31,36). The highest BCUT2D eigenvalue weighted by molar-refractivity contribution is 7.92. The van der Waals surface area contributed by atoms with Crippen molar-refractivity contribution in [3.8, 4) is 0 Å². The lowest BCUT2D eigenvalue weighted by Gasteiger charge is -2.52. The molecule has 6 rings (SSSR count). The Morgan fingerprint density at radius 2 is 1.54 bits per heavy atom. The number of β-amino-alcohol motifs (C(OH)–C–C–N with tert-alkyl or cyclic N) is 2. The van der Waals surface area contributed by atoms with Crippen LogP contribution in [0.3, 0.4) is 0 Å². The first-order valence-electron chi connectivity index (χ1n) is 12.3. The first-order valence-corrected chi connectivity index (χ1v) is 14.2. The number of halogens is 4. The number of amides is 3. The number of likely N-dealkylation sites (tertiary alicyclic amines) is 1. The van der Waals surface area contributed by atoms with E-state index in [1.165, 1.54) is 17.0 Å². The molecule has 3 aliphatic carbocycles. The zero-order valence-corrected chi connectivity index (χ0v) is 21.9. The molecule has 3 saturated carbocycles. The molecule has 0 radical (unpaired) electrons. The lowest BCUT2D eigenvalue weighted by molar-refractivity contribution is 0.0543. The minimum absolute atomic E-state index is 0.0134. The maximum atomic E-state index is 13.5. The molecule has 9 nitrogen and oxygen atoms in total. The number of rotatable bonds is 5. The molecule has 39 heavy (non-hydrogen) atoms. The fourth-order valence-electron chi connectivity index (χ4n) is 5.66. The van der Waals surface area contributed by atoms with E-state index in [1.54, 1.807) is 0 Å². The number of aliphatic hydroxyl groups is 2. The SMILES string of the molecule is O=C(Nc1cc(F)c(F)c(F)c1)c1ccc(Cl)c(S(=O)(=O)C2CC3CC(C2)C3NC(=O)N2CC(O)C(O)C2)c1. The fraction of sp³-hybridized carbons (Fsp3) is 0.440. The molecule has 0 spiro atoms. The lowest BCUT2D eigenvalue weighted by atomic mass is 9.61. The number of benzene rings is 2. The zero-order valence-electron chi connectivity index (χ0n) is 20.3. The molecule has 1 heterocycles. The summed E-state index contributed by atoms with van der Waals surface area (Å²) >= 11 is 6.21. The molecule has 1 aliphatic heterocycles. The average Bonchev–Trinajstić information content (AvgIpc) is 3.23. The number of carbonyl (C=O) groups is 2. The molecule has 2 aromatic carbocycles. The molecule has 3 amide bonds. The molecule has 4 aliphatic rings. The highest BCUT2D eigenvalue weighted by Crippen LogP contribution is 2.49. The van der Waals surface area contributed by atoms with E-state index in [2.05, 4.69) is 10.6 Å². The second kappa shape index (κ2) is 10.3. The number of nitrogens with zero attached hydrogens (tertiary/aromatic N) is 1. The van der Waals surface area contributed by atoms with E-state index in [0.29, 0.717) is 12.1 Å². The van der Waals surface area contributed by atoms with E-state index < -0.39 is 56.7 Å². The molecule has 14 heteroatoms. The largest absolute Gasteiger partial charge is 0.388 e. The van der Waals surface area contributed by atoms with Gasteiger partial charge in [0.05, 0.1) is 40.5 Å². The Bertz CT molecular complexity index is 1400. The van der Waals surface area contributed by atoms with E-state index in [0.717, 1.165) is 12.5 Å². The van der Waals surface area contributed by atoms with Gasteiger partial charge in [0.15, 0.2) is 27.3 Å². The van der Waals surface area contributed by atoms with Crippen LogP contribution in [-0.4, -0.2) is 72.1 Å². The number of fused-ring (bicyclic) bond motifs is 2. The van der Waals surface area contributed by atoms with Gasteiger partial charge in [-0.05, 0) is 49.3 Å². The van der Waals surface area contributed by atoms with Crippen molar-refractivity contribution in [3.05, 3.63) is 58.4 Å². The van der Waals surface area contributed by atoms with Crippen LogP contribution < -0.4 is 10.6 Å². The van der Waals surface area contributed by atoms with Crippen LogP contribution in [-0.2, 0) is 9.84 Å². The number of anilines is 1. The Balaban J connectivity index is 1.27. The van der Waals surface area contributed by atoms with Gasteiger partial charge in [0.2, 0.25) is 0 Å². The van der Waals surface area contributed by atoms with Crippen LogP contribution >= 0.6 is 11.6 Å². The highest BCUT2D eigenvalue weighted by Gasteiger charge is 2.52. The minimum Gasteiger partial charge on any atom is -0.388 e. The Hall–Kier alpha value is -2.87. The summed E-state index contributed by atoms with van der Waals surface area (Å²) < 4.78 is 67.3. The van der Waals surface area contributed by atoms with Crippen LogP contribution in [0.15, 0.2) is 35.2 Å². The van der Waals surface area contributed by atoms with Gasteiger partial charge in [-0.2, -0.15) is 0 Å². The van der Waals surface area contributed by atoms with Crippen molar-refractivity contribution in [2.75, 3.05) is 18.4 Å². The van der Waals surface area contributed by atoms with Gasteiger partial charge in [-0.15, -0.1) is 0 Å². The molecule has 0 aromatic heterocycles. The smallest absolute Gasteiger partial charge is 0.317 e. The third-order valence-electron chi connectivity index (χ3n) is 7.77. The van der Waals surface area contributed by atoms with Crippen LogP contribution in [0.5, 0.6) is 0 Å². The Kier molecular flexibility index (Phi) is 7.29. The topological polar surface area (TPSA) is 136 Å². The third-order valence-corrected chi connectivity index (χ3v) is 10.4. The van der Waals surface area contributed by atoms with Crippen LogP contribution in [0.4, 0.5) is 23.7 Å². The third kappa shape index (κ3) is 5.20. The molecule has 1 saturated heterocycles. The maximum absolute atomic E-state index is 13.5. The summed E-state index contributed by atoms with van der Waals surface area (Å²) in [7, 11) is -4.00. The van der Waals surface area contributed by atoms with Crippen molar-refractivity contribution in [1.29, 1.82) is 0 Å². The summed E-state index contributed by atoms with van der Waals surface area (Å²) in [5, 5.41) is 23.6. The summed E-state index contributed by atoms with van der Waals surface area (Å²) in [6.45, 7) is 0.0268. The first kappa shape index (κ1) is 27.7. The quantitative estimate of drug-likeness (QED) is 0.397. The Morgan fingerprint density at radius 1 is 0.949 bits per heavy atom. The van der Waals surface area contributed by atoms with Crippen molar-refractivity contribution in [2.45, 2.75) is 47.7 Å². The first-order chi connectivity index (χ1) is 18.3. The van der Waals surface area contributed by atoms with Gasteiger partial charge >= 0.3 is 6.03 Å². The number of sulfone groups is 1. The molecule has 210 valence electrons. The van der Waals surface area contributed by atoms with Gasteiger partial charge in [0.1, 0.15) is 0 Å². The van der Waals surface area contributed by atoms with E-state index in [1.807, 2.05) is 0 Å². The molecule has 4 unspecified atom stereocenters. The highest BCUT2D eigenvalue weighted by atomic mass is 35.5. The van der Waals surface area contributed by atoms with Gasteiger partial charge in [0, 0.05) is 29.4 Å². The predicted octanol–water partition coefficient (Wildman–Crippen LogP) is 2.70. The second-order valence-corrected chi connectivity index (χ2v) is 12.9. The van der Waals surface area contributed by atoms with E-state index in [4.69, 9.17) is 11.6 Å². The molecular formula is C25H25ClF3N3O6S. The minimum atomic E-state index is -4.00. The molecule has 2 bridgehead atoms. The summed E-state index contributed by atoms with van der Waals surface area (Å²) in [5.74, 6) is -5.75. The van der Waals surface area contributed by atoms with Gasteiger partial charge < -0.3 is 25.7 Å². The maximum Gasteiger partial charge on any atom is 0.317 e. The van der Waals surface area contributed by atoms with Crippen LogP contribution in [0.25, 0.3) is 0 Å². The van der Waals surface area contributed by atoms with Crippen LogP contribution in [0.1, 0.15) is 29.6 Å². The van der Waals surface area contributed by atoms with Gasteiger partial charge in [-0.1, -0.05) is 11.6 Å². The predicted molar refractivity (Wildman–Crippen MR) is 133 cm³/mol. The lowest BCUT2D eigenvalue weighted by Crippen LogP contribution is -2.61. The summed E-state index contributed by atoms with van der Waals surface area (Å²) in [5.41, 5.74) is -0.488. The number of hydrogen-bond acceptors (Lipinski definition) is 6. The van der Waals surface area contributed by atoms with Gasteiger partial charge in [-0.3, -0.25) is 4.79 Å². The molecular weight excluding hydrogens is 563 g/mol. The van der Waals surface area contributed by atoms with Crippen molar-refractivity contribution in [3.63, 3.8) is 0 Å². The number of nitrogens with one attached hydrogen (secondary N) is 2. The zero-order chi connectivity index (χ0) is 28.2. The average molecular weight is 588 g/mol. The fourth-order valence-corrected chi connectivity index (χ4v) is 8.09. The van der Waals surface area contributed by atoms with Crippen molar-refractivity contribution < 1.29 is 41.4 Å². The van der Waals surface area contributed by atoms with E-state index in [-0.39, 0.29) is 65.0 Å². The molecule has 4 N–H and O–H groups in total. The van der Waals surface area contributed by atoms with Crippen LogP contribution in [0.2, 0.25) is 5.02 Å². The monoisotopic (exact) mass is 587 g/mol. The number of aliphatic hydroxyl groups excluding tert-OH is 2. The number of carbonyl (C=O) groups excluding carboxylic acids is 2. The van der Waals surface area contributed by atoms with Crippen molar-refractivity contribution in [1.82, 2.24) is 10.2 Å². The van der Waals surface area contributed by atoms with Crippen molar-refractivity contribution >= 4 is 39.1 Å². The van der Waals surface area contributed by atoms with Gasteiger partial charge in [0.25, 0.3) is 5.91 Å². The summed E-state index contributed by atoms with van der Waals surface area (Å²) in [6, 6.07) is 4.12. The molecule has 4 fully saturated rings. The summed E-state index contributed by atoms with van der Waals surface area (Å²) in [6.07, 6.45) is -0.756. The van der Waals surface area contributed by atoms with E-state index in [9.17, 15) is 41.4 Å². The number of hydrogen-bond donors (Lipinski definition) is 4. The Labute approximate surface area is 226 Å². The van der Waals surface area contributed by atoms with E-state index >= 15 is 0 Å². The second-order valence-electron chi connectivity index (χ2n) is 10.3. The molecule has 4 atom stereocenters. The Morgan fingerprint density at radius 3 is 2.13 bits per heavy atom. The summed E-state index contributed by atoms with van der Waals surface area (Å²) in [4.78, 5) is 26.3. The normalized spacial score (nSPS) is 28.1.